The van der Waals surface area contributed by atoms with Gasteiger partial charge in [-0.25, -0.2) is 10.8 Å². The van der Waals surface area contributed by atoms with Crippen molar-refractivity contribution in [1.82, 2.24) is 9.97 Å². The van der Waals surface area contributed by atoms with E-state index in [0.29, 0.717) is 12.0 Å². The van der Waals surface area contributed by atoms with Crippen LogP contribution in [-0.4, -0.2) is 28.0 Å². The summed E-state index contributed by atoms with van der Waals surface area (Å²) in [5.41, 5.74) is 2.51. The van der Waals surface area contributed by atoms with Crippen LogP contribution in [0.2, 0.25) is 0 Å². The van der Waals surface area contributed by atoms with Crippen molar-refractivity contribution in [2.45, 2.75) is 19.4 Å². The smallest absolute Gasteiger partial charge is 0.240 e. The van der Waals surface area contributed by atoms with Crippen LogP contribution in [0, 0.1) is 0 Å². The number of nitrogens with one attached hydrogen (secondary N) is 2. The van der Waals surface area contributed by atoms with Crippen LogP contribution in [-0.2, 0) is 0 Å². The molecule has 0 saturated carbocycles. The van der Waals surface area contributed by atoms with Crippen LogP contribution in [0.5, 0.6) is 0 Å². The van der Waals surface area contributed by atoms with E-state index in [-0.39, 0.29) is 0 Å². The number of thiophene rings is 1. The molecule has 4 N–H and O–H groups in total. The Morgan fingerprint density at radius 1 is 1.50 bits per heavy atom. The van der Waals surface area contributed by atoms with Gasteiger partial charge in [-0.1, -0.05) is 0 Å². The Morgan fingerprint density at radius 2 is 2.33 bits per heavy atom. The zero-order chi connectivity index (χ0) is 13.0. The van der Waals surface area contributed by atoms with Crippen molar-refractivity contribution >= 4 is 45.1 Å². The van der Waals surface area contributed by atoms with E-state index in [1.165, 1.54) is 0 Å². The van der Waals surface area contributed by atoms with E-state index in [2.05, 4.69) is 33.9 Å². The summed E-state index contributed by atoms with van der Waals surface area (Å²) in [4.78, 5) is 9.63. The van der Waals surface area contributed by atoms with Gasteiger partial charge in [0.25, 0.3) is 0 Å². The molecule has 2 aromatic rings. The van der Waals surface area contributed by atoms with Crippen molar-refractivity contribution in [3.63, 3.8) is 0 Å². The Labute approximate surface area is 115 Å². The summed E-state index contributed by atoms with van der Waals surface area (Å²) < 4.78 is 0. The van der Waals surface area contributed by atoms with Gasteiger partial charge in [-0.05, 0) is 36.8 Å². The van der Waals surface area contributed by atoms with Crippen LogP contribution >= 0.6 is 23.1 Å². The Bertz CT molecular complexity index is 513. The van der Waals surface area contributed by atoms with Crippen molar-refractivity contribution in [2.75, 3.05) is 22.8 Å². The quantitative estimate of drug-likeness (QED) is 0.559. The molecule has 18 heavy (non-hydrogen) atoms. The van der Waals surface area contributed by atoms with Crippen molar-refractivity contribution in [1.29, 1.82) is 0 Å². The van der Waals surface area contributed by atoms with E-state index in [4.69, 9.17) is 5.84 Å². The maximum Gasteiger partial charge on any atom is 0.240 e. The average molecular weight is 283 g/mol. The van der Waals surface area contributed by atoms with Gasteiger partial charge in [-0.2, -0.15) is 16.7 Å². The largest absolute Gasteiger partial charge is 0.367 e. The van der Waals surface area contributed by atoms with Crippen molar-refractivity contribution in [3.05, 3.63) is 11.4 Å². The van der Waals surface area contributed by atoms with E-state index in [0.717, 1.165) is 28.2 Å². The first-order valence-electron chi connectivity index (χ1n) is 5.72. The highest BCUT2D eigenvalue weighted by Crippen LogP contribution is 2.26. The van der Waals surface area contributed by atoms with Gasteiger partial charge in [0, 0.05) is 6.04 Å². The third kappa shape index (κ3) is 3.04. The van der Waals surface area contributed by atoms with Gasteiger partial charge in [-0.15, -0.1) is 11.3 Å². The summed E-state index contributed by atoms with van der Waals surface area (Å²) in [5.74, 6) is 7.82. The first kappa shape index (κ1) is 13.4. The lowest BCUT2D eigenvalue weighted by molar-refractivity contribution is 0.768. The van der Waals surface area contributed by atoms with Crippen molar-refractivity contribution in [2.24, 2.45) is 5.84 Å². The summed E-state index contributed by atoms with van der Waals surface area (Å²) in [5, 5.41) is 6.49. The topological polar surface area (TPSA) is 75.9 Å². The average Bonchev–Trinajstić information content (AvgIpc) is 2.84. The van der Waals surface area contributed by atoms with E-state index in [9.17, 15) is 0 Å². The minimum Gasteiger partial charge on any atom is -0.367 e. The molecule has 0 aliphatic rings. The van der Waals surface area contributed by atoms with Crippen LogP contribution in [0.3, 0.4) is 0 Å². The summed E-state index contributed by atoms with van der Waals surface area (Å²) in [6.45, 7) is 2.16. The summed E-state index contributed by atoms with van der Waals surface area (Å²) in [6.07, 6.45) is 3.22. The summed E-state index contributed by atoms with van der Waals surface area (Å²) in [7, 11) is 0. The number of nitrogens with zero attached hydrogens (tertiary/aromatic N) is 2. The highest BCUT2D eigenvalue weighted by atomic mass is 32.2. The van der Waals surface area contributed by atoms with Crippen LogP contribution in [0.15, 0.2) is 11.4 Å². The second-order valence-electron chi connectivity index (χ2n) is 4.01. The number of thioether (sulfide) groups is 1. The Balaban J connectivity index is 2.22. The Morgan fingerprint density at radius 3 is 3.06 bits per heavy atom. The second kappa shape index (κ2) is 6.21. The molecule has 5 nitrogen and oxygen atoms in total. The van der Waals surface area contributed by atoms with Gasteiger partial charge in [0.05, 0.1) is 5.39 Å². The molecule has 0 saturated heterocycles. The molecule has 2 rings (SSSR count). The molecule has 98 valence electrons. The molecule has 0 aliphatic carbocycles. The lowest BCUT2D eigenvalue weighted by Crippen LogP contribution is -2.18. The zero-order valence-electron chi connectivity index (χ0n) is 10.4. The number of hydrazine groups is 1. The SMILES string of the molecule is CSCCC(C)Nc1nc(NN)nc2sccc12. The predicted molar refractivity (Wildman–Crippen MR) is 81.3 cm³/mol. The monoisotopic (exact) mass is 283 g/mol. The fourth-order valence-corrected chi connectivity index (χ4v) is 2.98. The summed E-state index contributed by atoms with van der Waals surface area (Å²) >= 11 is 3.44. The number of fused-ring (bicyclic) bond motifs is 1. The molecule has 1 unspecified atom stereocenters. The fourth-order valence-electron chi connectivity index (χ4n) is 1.63. The molecule has 0 spiro atoms. The highest BCUT2D eigenvalue weighted by molar-refractivity contribution is 7.98. The lowest BCUT2D eigenvalue weighted by Gasteiger charge is -2.15. The normalized spacial score (nSPS) is 12.6. The third-order valence-electron chi connectivity index (χ3n) is 2.59. The van der Waals surface area contributed by atoms with Gasteiger partial charge >= 0.3 is 0 Å². The van der Waals surface area contributed by atoms with E-state index in [1.807, 2.05) is 23.2 Å². The first-order valence-corrected chi connectivity index (χ1v) is 7.99. The van der Waals surface area contributed by atoms with Crippen LogP contribution in [0.4, 0.5) is 11.8 Å². The van der Waals surface area contributed by atoms with Gasteiger partial charge in [0.1, 0.15) is 10.6 Å². The molecular formula is C11H17N5S2. The predicted octanol–water partition coefficient (Wildman–Crippen LogP) is 2.53. The minimum atomic E-state index is 0.376. The number of hydrogen-bond acceptors (Lipinski definition) is 7. The van der Waals surface area contributed by atoms with Gasteiger partial charge in [0.2, 0.25) is 5.95 Å². The Kier molecular flexibility index (Phi) is 4.62. The number of nitrogen functional groups attached to an aromatic ring is 1. The molecule has 0 radical (unpaired) electrons. The van der Waals surface area contributed by atoms with Gasteiger partial charge in [0.15, 0.2) is 0 Å². The molecule has 2 aromatic heterocycles. The molecule has 0 aliphatic heterocycles. The molecule has 0 amide bonds. The van der Waals surface area contributed by atoms with Crippen molar-refractivity contribution < 1.29 is 0 Å². The zero-order valence-corrected chi connectivity index (χ0v) is 12.1. The van der Waals surface area contributed by atoms with Crippen LogP contribution in [0.25, 0.3) is 10.2 Å². The van der Waals surface area contributed by atoms with Gasteiger partial charge < -0.3 is 5.32 Å². The molecule has 0 aromatic carbocycles. The third-order valence-corrected chi connectivity index (χ3v) is 4.04. The summed E-state index contributed by atoms with van der Waals surface area (Å²) in [6, 6.07) is 2.41. The maximum absolute atomic E-state index is 5.39. The molecule has 1 atom stereocenters. The molecule has 0 bridgehead atoms. The molecular weight excluding hydrogens is 266 g/mol. The lowest BCUT2D eigenvalue weighted by atomic mass is 10.2. The van der Waals surface area contributed by atoms with Crippen LogP contribution < -0.4 is 16.6 Å². The Hall–Kier alpha value is -1.05. The number of hydrogen-bond donors (Lipinski definition) is 3. The number of anilines is 2. The maximum atomic E-state index is 5.39. The minimum absolute atomic E-state index is 0.376. The number of aromatic nitrogens is 2. The van der Waals surface area contributed by atoms with Crippen molar-refractivity contribution in [3.8, 4) is 0 Å². The van der Waals surface area contributed by atoms with Crippen LogP contribution in [0.1, 0.15) is 13.3 Å². The fraction of sp³-hybridized carbons (Fsp3) is 0.455. The first-order chi connectivity index (χ1) is 8.74. The molecule has 2 heterocycles. The number of nitrogens with two attached hydrogens (primary N) is 1. The van der Waals surface area contributed by atoms with E-state index >= 15 is 0 Å². The molecule has 7 heteroatoms. The standard InChI is InChI=1S/C11H17N5S2/c1-7(3-5-17-2)13-9-8-4-6-18-10(8)15-11(14-9)16-12/h4,6-7H,3,5,12H2,1-2H3,(H2,13,14,15,16). The number of rotatable bonds is 6. The second-order valence-corrected chi connectivity index (χ2v) is 5.89. The van der Waals surface area contributed by atoms with E-state index < -0.39 is 0 Å². The molecule has 0 fully saturated rings. The van der Waals surface area contributed by atoms with Gasteiger partial charge in [-0.3, -0.25) is 5.43 Å². The van der Waals surface area contributed by atoms with E-state index in [1.54, 1.807) is 11.3 Å². The highest BCUT2D eigenvalue weighted by Gasteiger charge is 2.10.